The minimum atomic E-state index is -0.916. The van der Waals surface area contributed by atoms with E-state index in [1.54, 1.807) is 6.07 Å². The van der Waals surface area contributed by atoms with Gasteiger partial charge in [-0.05, 0) is 30.3 Å². The minimum Gasteiger partial charge on any atom is -0.481 e. The highest BCUT2D eigenvalue weighted by Gasteiger charge is 2.16. The number of nitro benzene ring substituents is 1. The van der Waals surface area contributed by atoms with Crippen LogP contribution in [-0.4, -0.2) is 22.4 Å². The van der Waals surface area contributed by atoms with Crippen LogP contribution in [-0.2, 0) is 4.79 Å². The summed E-state index contributed by atoms with van der Waals surface area (Å²) < 4.78 is 31.8. The average Bonchev–Trinajstić information content (AvgIpc) is 2.61. The summed E-state index contributed by atoms with van der Waals surface area (Å²) in [7, 11) is 0. The lowest BCUT2D eigenvalue weighted by molar-refractivity contribution is -0.383. The van der Waals surface area contributed by atoms with E-state index in [-0.39, 0.29) is 28.0 Å². The van der Waals surface area contributed by atoms with Crippen LogP contribution in [0.2, 0.25) is 0 Å². The number of carbonyl (C=O) groups is 1. The van der Waals surface area contributed by atoms with Crippen molar-refractivity contribution in [2.45, 2.75) is 0 Å². The number of hydrogen-bond donors (Lipinski definition) is 1. The second-order valence-corrected chi connectivity index (χ2v) is 5.20. The number of pyridine rings is 1. The SMILES string of the molecule is O=C(COc1ccc([N+](=O)[O-])c2cccnc12)Nc1ccc(F)cc1F. The van der Waals surface area contributed by atoms with Crippen molar-refractivity contribution in [3.63, 3.8) is 0 Å². The molecule has 7 nitrogen and oxygen atoms in total. The van der Waals surface area contributed by atoms with E-state index in [9.17, 15) is 23.7 Å². The zero-order valence-electron chi connectivity index (χ0n) is 13.1. The largest absolute Gasteiger partial charge is 0.481 e. The number of aromatic nitrogens is 1. The van der Waals surface area contributed by atoms with Gasteiger partial charge in [0.15, 0.2) is 6.61 Å². The third-order valence-corrected chi connectivity index (χ3v) is 3.47. The normalized spacial score (nSPS) is 10.5. The summed E-state index contributed by atoms with van der Waals surface area (Å²) in [6, 6.07) is 8.38. The highest BCUT2D eigenvalue weighted by atomic mass is 19.1. The fourth-order valence-electron chi connectivity index (χ4n) is 2.33. The Morgan fingerprint density at radius 1 is 1.23 bits per heavy atom. The first kappa shape index (κ1) is 17.2. The van der Waals surface area contributed by atoms with Crippen LogP contribution in [0.25, 0.3) is 10.9 Å². The molecule has 0 saturated carbocycles. The van der Waals surface area contributed by atoms with Crippen molar-refractivity contribution in [2.75, 3.05) is 11.9 Å². The molecule has 1 amide bonds. The summed E-state index contributed by atoms with van der Waals surface area (Å²) >= 11 is 0. The topological polar surface area (TPSA) is 94.4 Å². The van der Waals surface area contributed by atoms with Gasteiger partial charge in [-0.2, -0.15) is 0 Å². The van der Waals surface area contributed by atoms with Crippen LogP contribution in [0.1, 0.15) is 0 Å². The Kier molecular flexibility index (Phi) is 4.70. The number of amides is 1. The number of nitrogens with zero attached hydrogens (tertiary/aromatic N) is 2. The van der Waals surface area contributed by atoms with E-state index in [1.165, 1.54) is 24.4 Å². The molecule has 1 heterocycles. The summed E-state index contributed by atoms with van der Waals surface area (Å²) in [5, 5.41) is 13.6. The number of halogens is 2. The molecule has 0 fully saturated rings. The predicted molar refractivity (Wildman–Crippen MR) is 88.9 cm³/mol. The van der Waals surface area contributed by atoms with Crippen LogP contribution in [0.15, 0.2) is 48.7 Å². The van der Waals surface area contributed by atoms with E-state index in [1.807, 2.05) is 0 Å². The molecule has 2 aromatic carbocycles. The highest BCUT2D eigenvalue weighted by Crippen LogP contribution is 2.31. The Hall–Kier alpha value is -3.62. The molecule has 0 unspecified atom stereocenters. The second-order valence-electron chi connectivity index (χ2n) is 5.20. The molecule has 1 aromatic heterocycles. The number of nitrogens with one attached hydrogen (secondary N) is 1. The van der Waals surface area contributed by atoms with Crippen LogP contribution in [0.3, 0.4) is 0 Å². The van der Waals surface area contributed by atoms with Gasteiger partial charge in [0, 0.05) is 18.3 Å². The summed E-state index contributed by atoms with van der Waals surface area (Å²) in [6.07, 6.45) is 1.44. The van der Waals surface area contributed by atoms with Crippen molar-refractivity contribution in [2.24, 2.45) is 0 Å². The van der Waals surface area contributed by atoms with Crippen molar-refractivity contribution in [3.8, 4) is 5.75 Å². The van der Waals surface area contributed by atoms with Crippen molar-refractivity contribution in [1.82, 2.24) is 4.98 Å². The number of nitro groups is 1. The molecule has 1 N–H and O–H groups in total. The van der Waals surface area contributed by atoms with Gasteiger partial charge >= 0.3 is 0 Å². The molecule has 9 heteroatoms. The van der Waals surface area contributed by atoms with Crippen LogP contribution in [0, 0.1) is 21.7 Å². The minimum absolute atomic E-state index is 0.140. The summed E-state index contributed by atoms with van der Waals surface area (Å²) in [5.41, 5.74) is -0.104. The fraction of sp³-hybridized carbons (Fsp3) is 0.0588. The number of rotatable bonds is 5. The molecule has 0 atom stereocenters. The van der Waals surface area contributed by atoms with Gasteiger partial charge in [0.25, 0.3) is 11.6 Å². The first-order valence-corrected chi connectivity index (χ1v) is 7.35. The molecule has 0 radical (unpaired) electrons. The number of carbonyl (C=O) groups excluding carboxylic acids is 1. The van der Waals surface area contributed by atoms with E-state index >= 15 is 0 Å². The van der Waals surface area contributed by atoms with Crippen molar-refractivity contribution < 1.29 is 23.2 Å². The molecule has 3 rings (SSSR count). The van der Waals surface area contributed by atoms with E-state index < -0.39 is 29.1 Å². The molecular weight excluding hydrogens is 348 g/mol. The maximum absolute atomic E-state index is 13.5. The van der Waals surface area contributed by atoms with E-state index in [0.717, 1.165) is 12.1 Å². The van der Waals surface area contributed by atoms with E-state index in [2.05, 4.69) is 10.3 Å². The number of hydrogen-bond acceptors (Lipinski definition) is 5. The fourth-order valence-corrected chi connectivity index (χ4v) is 2.33. The zero-order chi connectivity index (χ0) is 18.7. The predicted octanol–water partition coefficient (Wildman–Crippen LogP) is 3.44. The third kappa shape index (κ3) is 3.56. The smallest absolute Gasteiger partial charge is 0.279 e. The lowest BCUT2D eigenvalue weighted by Crippen LogP contribution is -2.21. The van der Waals surface area contributed by atoms with Crippen LogP contribution in [0.4, 0.5) is 20.2 Å². The molecule has 0 aliphatic heterocycles. The molecule has 3 aromatic rings. The van der Waals surface area contributed by atoms with Crippen molar-refractivity contribution >= 4 is 28.2 Å². The number of anilines is 1. The standard InChI is InChI=1S/C17H11F2N3O4/c18-10-3-4-13(12(19)8-10)21-16(23)9-26-15-6-5-14(22(24)25)11-2-1-7-20-17(11)15/h1-8H,9H2,(H,21,23). The van der Waals surface area contributed by atoms with Gasteiger partial charge in [-0.3, -0.25) is 19.9 Å². The number of fused-ring (bicyclic) bond motifs is 1. The molecular formula is C17H11F2N3O4. The number of benzene rings is 2. The first-order chi connectivity index (χ1) is 12.5. The van der Waals surface area contributed by atoms with E-state index in [4.69, 9.17) is 4.74 Å². The monoisotopic (exact) mass is 359 g/mol. The van der Waals surface area contributed by atoms with E-state index in [0.29, 0.717) is 6.07 Å². The van der Waals surface area contributed by atoms with Gasteiger partial charge in [0.2, 0.25) is 0 Å². The lowest BCUT2D eigenvalue weighted by Gasteiger charge is -2.10. The zero-order valence-corrected chi connectivity index (χ0v) is 13.1. The highest BCUT2D eigenvalue weighted by molar-refractivity contribution is 5.94. The van der Waals surface area contributed by atoms with Crippen LogP contribution >= 0.6 is 0 Å². The van der Waals surface area contributed by atoms with Crippen LogP contribution in [0.5, 0.6) is 5.75 Å². The molecule has 0 bridgehead atoms. The Morgan fingerprint density at radius 2 is 2.04 bits per heavy atom. The summed E-state index contributed by atoms with van der Waals surface area (Å²) in [5.74, 6) is -2.19. The van der Waals surface area contributed by atoms with Gasteiger partial charge in [0.1, 0.15) is 22.9 Å². The molecule has 0 spiro atoms. The van der Waals surface area contributed by atoms with Crippen molar-refractivity contribution in [1.29, 1.82) is 0 Å². The molecule has 0 aliphatic rings. The first-order valence-electron chi connectivity index (χ1n) is 7.35. The Labute approximate surface area is 145 Å². The van der Waals surface area contributed by atoms with Crippen molar-refractivity contribution in [3.05, 3.63) is 70.4 Å². The van der Waals surface area contributed by atoms with Gasteiger partial charge in [-0.15, -0.1) is 0 Å². The third-order valence-electron chi connectivity index (χ3n) is 3.47. The molecule has 0 aliphatic carbocycles. The maximum atomic E-state index is 13.5. The van der Waals surface area contributed by atoms with Gasteiger partial charge in [-0.25, -0.2) is 8.78 Å². The number of non-ortho nitro benzene ring substituents is 1. The Bertz CT molecular complexity index is 1010. The lowest BCUT2D eigenvalue weighted by atomic mass is 10.1. The Morgan fingerprint density at radius 3 is 2.77 bits per heavy atom. The van der Waals surface area contributed by atoms with Crippen LogP contribution < -0.4 is 10.1 Å². The maximum Gasteiger partial charge on any atom is 0.279 e. The summed E-state index contributed by atoms with van der Waals surface area (Å²) in [6.45, 7) is -0.486. The Balaban J connectivity index is 1.76. The van der Waals surface area contributed by atoms with Gasteiger partial charge in [0.05, 0.1) is 16.0 Å². The van der Waals surface area contributed by atoms with Gasteiger partial charge < -0.3 is 10.1 Å². The summed E-state index contributed by atoms with van der Waals surface area (Å²) in [4.78, 5) is 26.5. The molecule has 132 valence electrons. The average molecular weight is 359 g/mol. The quantitative estimate of drug-likeness (QED) is 0.556. The van der Waals surface area contributed by atoms with Gasteiger partial charge in [-0.1, -0.05) is 0 Å². The number of ether oxygens (including phenoxy) is 1. The molecule has 26 heavy (non-hydrogen) atoms. The molecule has 0 saturated heterocycles. The second kappa shape index (κ2) is 7.09.